The molecule has 0 bridgehead atoms. The fourth-order valence-electron chi connectivity index (χ4n) is 1.45. The highest BCUT2D eigenvalue weighted by atomic mass is 127. The molecule has 1 aromatic carbocycles. The van der Waals surface area contributed by atoms with Crippen LogP contribution < -0.4 is 5.32 Å². The lowest BCUT2D eigenvalue weighted by Crippen LogP contribution is -2.08. The second-order valence-corrected chi connectivity index (χ2v) is 5.08. The molecule has 0 atom stereocenters. The smallest absolute Gasteiger partial charge is 0.385 e. The zero-order valence-corrected chi connectivity index (χ0v) is 12.0. The first-order chi connectivity index (χ1) is 8.79. The van der Waals surface area contributed by atoms with Crippen LogP contribution in [0.3, 0.4) is 0 Å². The van der Waals surface area contributed by atoms with E-state index < -0.39 is 17.5 Å². The molecule has 0 saturated carbocycles. The number of anilines is 1. The molecule has 1 N–H and O–H groups in total. The van der Waals surface area contributed by atoms with Gasteiger partial charge in [-0.15, -0.1) is 0 Å². The van der Waals surface area contributed by atoms with E-state index in [0.29, 0.717) is 22.2 Å². The molecule has 19 heavy (non-hydrogen) atoms. The molecule has 0 fully saturated rings. The van der Waals surface area contributed by atoms with Crippen LogP contribution in [0.2, 0.25) is 0 Å². The van der Waals surface area contributed by atoms with Crippen LogP contribution in [-0.2, 0) is 0 Å². The summed E-state index contributed by atoms with van der Waals surface area (Å²) in [6, 6.07) is 4.52. The summed E-state index contributed by atoms with van der Waals surface area (Å²) in [5.41, 5.74) is 0.685. The lowest BCUT2D eigenvalue weighted by molar-refractivity contribution is -0.385. The SMILES string of the molecule is O=[N+]([O-])c1ccc(NCCCCC(F)(F)F)cc1I. The fraction of sp³-hybridized carbons (Fsp3) is 0.455. The van der Waals surface area contributed by atoms with Gasteiger partial charge in [0.05, 0.1) is 8.49 Å². The molecular formula is C11H12F3IN2O2. The molecule has 0 spiro atoms. The first kappa shape index (κ1) is 16.0. The van der Waals surface area contributed by atoms with Crippen LogP contribution in [0.25, 0.3) is 0 Å². The maximum atomic E-state index is 11.9. The highest BCUT2D eigenvalue weighted by molar-refractivity contribution is 14.1. The van der Waals surface area contributed by atoms with E-state index in [2.05, 4.69) is 5.32 Å². The number of unbranched alkanes of at least 4 members (excludes halogenated alkanes) is 1. The van der Waals surface area contributed by atoms with Crippen LogP contribution in [0.1, 0.15) is 19.3 Å². The summed E-state index contributed by atoms with van der Waals surface area (Å²) < 4.78 is 36.2. The van der Waals surface area contributed by atoms with Gasteiger partial charge in [0.2, 0.25) is 0 Å². The zero-order chi connectivity index (χ0) is 14.5. The van der Waals surface area contributed by atoms with Gasteiger partial charge < -0.3 is 5.32 Å². The Morgan fingerprint density at radius 2 is 2.00 bits per heavy atom. The number of halogens is 4. The van der Waals surface area contributed by atoms with Crippen molar-refractivity contribution < 1.29 is 18.1 Å². The summed E-state index contributed by atoms with van der Waals surface area (Å²) >= 11 is 1.85. The Morgan fingerprint density at radius 3 is 2.53 bits per heavy atom. The summed E-state index contributed by atoms with van der Waals surface area (Å²) in [7, 11) is 0. The van der Waals surface area contributed by atoms with Crippen LogP contribution in [0.15, 0.2) is 18.2 Å². The Morgan fingerprint density at radius 1 is 1.32 bits per heavy atom. The molecule has 0 aliphatic carbocycles. The van der Waals surface area contributed by atoms with E-state index in [0.717, 1.165) is 0 Å². The van der Waals surface area contributed by atoms with Gasteiger partial charge in [0.15, 0.2) is 0 Å². The number of hydrogen-bond acceptors (Lipinski definition) is 3. The lowest BCUT2D eigenvalue weighted by Gasteiger charge is -2.08. The monoisotopic (exact) mass is 388 g/mol. The minimum atomic E-state index is -4.11. The molecule has 1 rings (SSSR count). The van der Waals surface area contributed by atoms with Gasteiger partial charge in [0.25, 0.3) is 5.69 Å². The van der Waals surface area contributed by atoms with Gasteiger partial charge in [0, 0.05) is 24.7 Å². The summed E-state index contributed by atoms with van der Waals surface area (Å²) in [5.74, 6) is 0. The first-order valence-corrected chi connectivity index (χ1v) is 6.62. The van der Waals surface area contributed by atoms with E-state index >= 15 is 0 Å². The van der Waals surface area contributed by atoms with Crippen molar-refractivity contribution in [3.05, 3.63) is 31.9 Å². The molecule has 0 saturated heterocycles. The minimum absolute atomic E-state index is 0.0169. The normalized spacial score (nSPS) is 11.4. The molecule has 4 nitrogen and oxygen atoms in total. The van der Waals surface area contributed by atoms with Crippen LogP contribution in [0.4, 0.5) is 24.5 Å². The number of alkyl halides is 3. The zero-order valence-electron chi connectivity index (χ0n) is 9.84. The average Bonchev–Trinajstić information content (AvgIpc) is 2.26. The molecule has 0 heterocycles. The molecule has 0 aromatic heterocycles. The quantitative estimate of drug-likeness (QED) is 0.341. The molecular weight excluding hydrogens is 376 g/mol. The van der Waals surface area contributed by atoms with Gasteiger partial charge in [-0.2, -0.15) is 13.2 Å². The van der Waals surface area contributed by atoms with Crippen LogP contribution in [0.5, 0.6) is 0 Å². The molecule has 0 aliphatic heterocycles. The molecule has 0 aliphatic rings. The molecule has 0 amide bonds. The molecule has 0 radical (unpaired) electrons. The molecule has 8 heteroatoms. The van der Waals surface area contributed by atoms with Gasteiger partial charge in [-0.3, -0.25) is 10.1 Å². The third-order valence-corrected chi connectivity index (χ3v) is 3.22. The molecule has 1 aromatic rings. The lowest BCUT2D eigenvalue weighted by atomic mass is 10.2. The average molecular weight is 388 g/mol. The number of rotatable bonds is 6. The van der Waals surface area contributed by atoms with Crippen LogP contribution >= 0.6 is 22.6 Å². The third-order valence-electron chi connectivity index (χ3n) is 2.36. The predicted molar refractivity (Wildman–Crippen MR) is 74.2 cm³/mol. The Bertz CT molecular complexity index is 452. The number of benzene rings is 1. The van der Waals surface area contributed by atoms with Crippen molar-refractivity contribution in [1.82, 2.24) is 0 Å². The van der Waals surface area contributed by atoms with Crippen LogP contribution in [0, 0.1) is 13.7 Å². The van der Waals surface area contributed by atoms with Gasteiger partial charge in [0.1, 0.15) is 0 Å². The highest BCUT2D eigenvalue weighted by Gasteiger charge is 2.25. The summed E-state index contributed by atoms with van der Waals surface area (Å²) in [5, 5.41) is 13.5. The van der Waals surface area contributed by atoms with E-state index in [1.54, 1.807) is 12.1 Å². The Balaban J connectivity index is 2.38. The van der Waals surface area contributed by atoms with Crippen molar-refractivity contribution in [2.45, 2.75) is 25.4 Å². The largest absolute Gasteiger partial charge is 0.389 e. The summed E-state index contributed by atoms with van der Waals surface area (Å²) in [6.07, 6.45) is -4.43. The molecule has 0 unspecified atom stereocenters. The Labute approximate surface area is 121 Å². The Kier molecular flexibility index (Phi) is 5.83. The Hall–Kier alpha value is -1.06. The minimum Gasteiger partial charge on any atom is -0.385 e. The maximum Gasteiger partial charge on any atom is 0.389 e. The standard InChI is InChI=1S/C11H12F3IN2O2/c12-11(13,14)5-1-2-6-16-8-3-4-10(17(18)19)9(15)7-8/h3-4,7,16H,1-2,5-6H2. The summed E-state index contributed by atoms with van der Waals surface area (Å²) in [4.78, 5) is 10.1. The van der Waals surface area contributed by atoms with Gasteiger partial charge in [-0.05, 0) is 47.6 Å². The van der Waals surface area contributed by atoms with E-state index in [4.69, 9.17) is 0 Å². The summed E-state index contributed by atoms with van der Waals surface area (Å²) in [6.45, 7) is 0.407. The van der Waals surface area contributed by atoms with Crippen molar-refractivity contribution in [2.24, 2.45) is 0 Å². The fourth-order valence-corrected chi connectivity index (χ4v) is 2.16. The van der Waals surface area contributed by atoms with Crippen molar-refractivity contribution in [3.8, 4) is 0 Å². The number of nitrogens with zero attached hydrogens (tertiary/aromatic N) is 1. The highest BCUT2D eigenvalue weighted by Crippen LogP contribution is 2.25. The van der Waals surface area contributed by atoms with E-state index in [1.165, 1.54) is 6.07 Å². The topological polar surface area (TPSA) is 55.2 Å². The van der Waals surface area contributed by atoms with Crippen molar-refractivity contribution >= 4 is 34.0 Å². The maximum absolute atomic E-state index is 11.9. The third kappa shape index (κ3) is 6.08. The van der Waals surface area contributed by atoms with Gasteiger partial charge in [-0.1, -0.05) is 0 Å². The van der Waals surface area contributed by atoms with Crippen molar-refractivity contribution in [1.29, 1.82) is 0 Å². The number of hydrogen-bond donors (Lipinski definition) is 1. The second kappa shape index (κ2) is 6.92. The number of nitro benzene ring substituents is 1. The first-order valence-electron chi connectivity index (χ1n) is 5.54. The van der Waals surface area contributed by atoms with Gasteiger partial charge in [-0.25, -0.2) is 0 Å². The predicted octanol–water partition coefficient (Wildman–Crippen LogP) is 4.34. The van der Waals surface area contributed by atoms with E-state index in [1.807, 2.05) is 22.6 Å². The van der Waals surface area contributed by atoms with Crippen molar-refractivity contribution in [3.63, 3.8) is 0 Å². The van der Waals surface area contributed by atoms with E-state index in [9.17, 15) is 23.3 Å². The van der Waals surface area contributed by atoms with Crippen LogP contribution in [-0.4, -0.2) is 17.6 Å². The second-order valence-electron chi connectivity index (χ2n) is 3.92. The van der Waals surface area contributed by atoms with Crippen molar-refractivity contribution in [2.75, 3.05) is 11.9 Å². The number of nitrogens with one attached hydrogen (secondary N) is 1. The molecule has 106 valence electrons. The number of nitro groups is 1. The van der Waals surface area contributed by atoms with E-state index in [-0.39, 0.29) is 12.1 Å². The van der Waals surface area contributed by atoms with Gasteiger partial charge >= 0.3 is 6.18 Å².